The lowest BCUT2D eigenvalue weighted by atomic mass is 10.2. The lowest BCUT2D eigenvalue weighted by Crippen LogP contribution is -2.39. The summed E-state index contributed by atoms with van der Waals surface area (Å²) >= 11 is 6.08. The molecule has 1 amide bonds. The van der Waals surface area contributed by atoms with Crippen LogP contribution in [-0.2, 0) is 16.4 Å². The van der Waals surface area contributed by atoms with Crippen LogP contribution >= 0.6 is 11.6 Å². The number of carbonyl (C=O) groups is 1. The molecule has 0 fully saturated rings. The normalized spacial score (nSPS) is 11.2. The quantitative estimate of drug-likeness (QED) is 0.637. The Bertz CT molecular complexity index is 1290. The molecule has 0 spiro atoms. The maximum absolute atomic E-state index is 12.7. The second-order valence-corrected chi connectivity index (χ2v) is 8.66. The SMILES string of the molecule is CS(=O)(=O)c1ccc(NC(=O)c2c[nH]c(=O)n(Cc3ccccc3Cl)c2=O)cc1. The van der Waals surface area contributed by atoms with Crippen molar-refractivity contribution in [3.8, 4) is 0 Å². The van der Waals surface area contributed by atoms with Crippen LogP contribution in [0.3, 0.4) is 0 Å². The van der Waals surface area contributed by atoms with E-state index in [1.165, 1.54) is 24.3 Å². The second kappa shape index (κ2) is 8.06. The third kappa shape index (κ3) is 4.64. The molecule has 0 unspecified atom stereocenters. The number of sulfone groups is 1. The topological polar surface area (TPSA) is 118 Å². The number of amides is 1. The van der Waals surface area contributed by atoms with Gasteiger partial charge in [0.1, 0.15) is 5.56 Å². The molecule has 2 N–H and O–H groups in total. The predicted molar refractivity (Wildman–Crippen MR) is 109 cm³/mol. The molecule has 3 aromatic rings. The Morgan fingerprint density at radius 2 is 1.76 bits per heavy atom. The van der Waals surface area contributed by atoms with Gasteiger partial charge in [0, 0.05) is 23.2 Å². The Kier molecular flexibility index (Phi) is 5.71. The average molecular weight is 434 g/mol. The number of hydrogen-bond acceptors (Lipinski definition) is 5. The number of anilines is 1. The van der Waals surface area contributed by atoms with Gasteiger partial charge in [-0.2, -0.15) is 0 Å². The fourth-order valence-corrected chi connectivity index (χ4v) is 3.42. The minimum atomic E-state index is -3.37. The number of halogens is 1. The van der Waals surface area contributed by atoms with Crippen molar-refractivity contribution >= 4 is 33.0 Å². The highest BCUT2D eigenvalue weighted by molar-refractivity contribution is 7.90. The molecule has 0 aliphatic heterocycles. The summed E-state index contributed by atoms with van der Waals surface area (Å²) < 4.78 is 23.9. The summed E-state index contributed by atoms with van der Waals surface area (Å²) in [7, 11) is -3.37. The molecule has 0 aliphatic carbocycles. The van der Waals surface area contributed by atoms with Crippen molar-refractivity contribution in [1.82, 2.24) is 9.55 Å². The Morgan fingerprint density at radius 1 is 1.10 bits per heavy atom. The van der Waals surface area contributed by atoms with E-state index in [2.05, 4.69) is 10.3 Å². The van der Waals surface area contributed by atoms with Crippen molar-refractivity contribution in [1.29, 1.82) is 0 Å². The van der Waals surface area contributed by atoms with E-state index in [1.54, 1.807) is 24.3 Å². The number of H-pyrrole nitrogens is 1. The van der Waals surface area contributed by atoms with Gasteiger partial charge in [-0.1, -0.05) is 29.8 Å². The molecule has 8 nitrogen and oxygen atoms in total. The van der Waals surface area contributed by atoms with E-state index in [0.717, 1.165) is 17.0 Å². The summed E-state index contributed by atoms with van der Waals surface area (Å²) in [4.78, 5) is 39.8. The van der Waals surface area contributed by atoms with E-state index in [9.17, 15) is 22.8 Å². The molecule has 0 saturated heterocycles. The molecule has 1 aromatic heterocycles. The number of nitrogens with zero attached hydrogens (tertiary/aromatic N) is 1. The Balaban J connectivity index is 1.89. The number of benzene rings is 2. The molecule has 0 saturated carbocycles. The highest BCUT2D eigenvalue weighted by Gasteiger charge is 2.16. The molecule has 29 heavy (non-hydrogen) atoms. The van der Waals surface area contributed by atoms with Crippen molar-refractivity contribution in [3.05, 3.63) is 91.7 Å². The van der Waals surface area contributed by atoms with E-state index >= 15 is 0 Å². The van der Waals surface area contributed by atoms with Gasteiger partial charge in [-0.15, -0.1) is 0 Å². The number of carbonyl (C=O) groups excluding carboxylic acids is 1. The first-order valence-corrected chi connectivity index (χ1v) is 10.6. The predicted octanol–water partition coefficient (Wildman–Crippen LogP) is 1.89. The van der Waals surface area contributed by atoms with Crippen molar-refractivity contribution in [2.24, 2.45) is 0 Å². The molecule has 150 valence electrons. The number of hydrogen-bond donors (Lipinski definition) is 2. The summed E-state index contributed by atoms with van der Waals surface area (Å²) in [5.41, 5.74) is -0.881. The van der Waals surface area contributed by atoms with Crippen LogP contribution in [0.1, 0.15) is 15.9 Å². The largest absolute Gasteiger partial charge is 0.328 e. The summed E-state index contributed by atoms with van der Waals surface area (Å²) in [5.74, 6) is -0.744. The summed E-state index contributed by atoms with van der Waals surface area (Å²) in [6, 6.07) is 12.2. The first-order chi connectivity index (χ1) is 13.7. The van der Waals surface area contributed by atoms with Gasteiger partial charge in [-0.3, -0.25) is 14.2 Å². The zero-order chi connectivity index (χ0) is 21.2. The van der Waals surface area contributed by atoms with Crippen LogP contribution in [0.2, 0.25) is 5.02 Å². The molecular weight excluding hydrogens is 418 g/mol. The highest BCUT2D eigenvalue weighted by Crippen LogP contribution is 2.16. The van der Waals surface area contributed by atoms with Gasteiger partial charge >= 0.3 is 5.69 Å². The zero-order valence-electron chi connectivity index (χ0n) is 15.2. The van der Waals surface area contributed by atoms with E-state index in [1.807, 2.05) is 0 Å². The Morgan fingerprint density at radius 3 is 2.38 bits per heavy atom. The van der Waals surface area contributed by atoms with Crippen molar-refractivity contribution in [2.45, 2.75) is 11.4 Å². The van der Waals surface area contributed by atoms with Gasteiger partial charge in [-0.05, 0) is 35.9 Å². The van der Waals surface area contributed by atoms with E-state index in [4.69, 9.17) is 11.6 Å². The van der Waals surface area contributed by atoms with Gasteiger partial charge in [-0.25, -0.2) is 13.2 Å². The lowest BCUT2D eigenvalue weighted by Gasteiger charge is -2.09. The smallest absolute Gasteiger partial charge is 0.322 e. The molecular formula is C19H16ClN3O5S. The molecule has 0 aliphatic rings. The van der Waals surface area contributed by atoms with Gasteiger partial charge < -0.3 is 10.3 Å². The van der Waals surface area contributed by atoms with Gasteiger partial charge in [0.2, 0.25) is 0 Å². The van der Waals surface area contributed by atoms with Gasteiger partial charge in [0.25, 0.3) is 11.5 Å². The molecule has 2 aromatic carbocycles. The minimum absolute atomic E-state index is 0.0987. The number of aromatic amines is 1. The van der Waals surface area contributed by atoms with E-state index in [0.29, 0.717) is 16.3 Å². The monoisotopic (exact) mass is 433 g/mol. The fourth-order valence-electron chi connectivity index (χ4n) is 2.60. The zero-order valence-corrected chi connectivity index (χ0v) is 16.8. The van der Waals surface area contributed by atoms with Crippen LogP contribution in [0.4, 0.5) is 5.69 Å². The number of nitrogens with one attached hydrogen (secondary N) is 2. The summed E-state index contributed by atoms with van der Waals surface area (Å²) in [6.45, 7) is -0.0992. The van der Waals surface area contributed by atoms with Crippen LogP contribution in [0, 0.1) is 0 Å². The first-order valence-electron chi connectivity index (χ1n) is 8.34. The third-order valence-corrected chi connectivity index (χ3v) is 5.63. The molecule has 3 rings (SSSR count). The maximum atomic E-state index is 12.7. The van der Waals surface area contributed by atoms with E-state index in [-0.39, 0.29) is 17.0 Å². The third-order valence-electron chi connectivity index (χ3n) is 4.13. The van der Waals surface area contributed by atoms with Crippen LogP contribution in [0.25, 0.3) is 0 Å². The molecule has 0 atom stereocenters. The Labute approximate surface area is 170 Å². The lowest BCUT2D eigenvalue weighted by molar-refractivity contribution is 0.102. The van der Waals surface area contributed by atoms with Crippen molar-refractivity contribution < 1.29 is 13.2 Å². The van der Waals surface area contributed by atoms with Gasteiger partial charge in [0.05, 0.1) is 11.4 Å². The summed E-state index contributed by atoms with van der Waals surface area (Å²) in [6.07, 6.45) is 2.11. The Hall–Kier alpha value is -3.17. The first kappa shape index (κ1) is 20.6. The van der Waals surface area contributed by atoms with Crippen LogP contribution < -0.4 is 16.6 Å². The molecule has 10 heteroatoms. The fraction of sp³-hybridized carbons (Fsp3) is 0.105. The van der Waals surface area contributed by atoms with Gasteiger partial charge in [0.15, 0.2) is 9.84 Å². The average Bonchev–Trinajstić information content (AvgIpc) is 2.66. The maximum Gasteiger partial charge on any atom is 0.328 e. The number of aromatic nitrogens is 2. The van der Waals surface area contributed by atoms with Crippen LogP contribution in [0.5, 0.6) is 0 Å². The molecule has 0 radical (unpaired) electrons. The van der Waals surface area contributed by atoms with Crippen LogP contribution in [-0.4, -0.2) is 30.1 Å². The van der Waals surface area contributed by atoms with Crippen molar-refractivity contribution in [2.75, 3.05) is 11.6 Å². The summed E-state index contributed by atoms with van der Waals surface area (Å²) in [5, 5.41) is 2.89. The number of rotatable bonds is 5. The molecule has 1 heterocycles. The van der Waals surface area contributed by atoms with Crippen LogP contribution in [0.15, 0.2) is 69.2 Å². The molecule has 0 bridgehead atoms. The second-order valence-electron chi connectivity index (χ2n) is 6.24. The van der Waals surface area contributed by atoms with E-state index < -0.39 is 27.0 Å². The standard InChI is InChI=1S/C19H16ClN3O5S/c1-29(27,28)14-8-6-13(7-9-14)22-17(24)15-10-21-19(26)23(18(15)25)11-12-4-2-3-5-16(12)20/h2-10H,11H2,1H3,(H,21,26)(H,22,24). The minimum Gasteiger partial charge on any atom is -0.322 e. The highest BCUT2D eigenvalue weighted by atomic mass is 35.5. The van der Waals surface area contributed by atoms with Crippen molar-refractivity contribution in [3.63, 3.8) is 0 Å².